The first-order valence-electron chi connectivity index (χ1n) is 8.59. The molecule has 2 aromatic rings. The van der Waals surface area contributed by atoms with Crippen LogP contribution in [0.1, 0.15) is 36.7 Å². The molecule has 1 heterocycles. The highest BCUT2D eigenvalue weighted by atomic mass is 17.5. The zero-order valence-corrected chi connectivity index (χ0v) is 15.7. The van der Waals surface area contributed by atoms with E-state index in [9.17, 15) is 14.4 Å². The van der Waals surface area contributed by atoms with Gasteiger partial charge in [-0.15, -0.1) is 0 Å². The molecule has 2 amide bonds. The molecule has 1 aliphatic heterocycles. The van der Waals surface area contributed by atoms with E-state index in [4.69, 9.17) is 14.8 Å². The number of nitrogens with zero attached hydrogens (tertiary/aromatic N) is 1. The highest BCUT2D eigenvalue weighted by molar-refractivity contribution is 6.31. The summed E-state index contributed by atoms with van der Waals surface area (Å²) in [6.45, 7) is 5.03. The molecule has 7 heteroatoms. The van der Waals surface area contributed by atoms with E-state index in [1.54, 1.807) is 26.0 Å². The van der Waals surface area contributed by atoms with Gasteiger partial charge < -0.3 is 0 Å². The van der Waals surface area contributed by atoms with Crippen molar-refractivity contribution in [3.05, 3.63) is 77.4 Å². The Labute approximate surface area is 162 Å². The molecule has 3 rings (SSSR count). The van der Waals surface area contributed by atoms with Crippen LogP contribution in [-0.4, -0.2) is 17.8 Å². The van der Waals surface area contributed by atoms with Crippen LogP contribution in [0.15, 0.2) is 66.2 Å². The summed E-state index contributed by atoms with van der Waals surface area (Å²) in [5.41, 5.74) is 0.344. The average molecular weight is 381 g/mol. The number of benzene rings is 2. The van der Waals surface area contributed by atoms with Crippen molar-refractivity contribution in [2.75, 3.05) is 4.90 Å². The number of hydrogen-bond acceptors (Lipinski definition) is 6. The summed E-state index contributed by atoms with van der Waals surface area (Å²) in [6.07, 6.45) is 1.21. The Morgan fingerprint density at radius 1 is 0.964 bits per heavy atom. The minimum atomic E-state index is -0.899. The number of para-hydroxylation sites is 1. The van der Waals surface area contributed by atoms with Gasteiger partial charge in [0.15, 0.2) is 0 Å². The van der Waals surface area contributed by atoms with Gasteiger partial charge in [-0.05, 0) is 43.5 Å². The Morgan fingerprint density at radius 3 is 2.25 bits per heavy atom. The summed E-state index contributed by atoms with van der Waals surface area (Å²) < 4.78 is 0. The summed E-state index contributed by atoms with van der Waals surface area (Å²) in [4.78, 5) is 47.7. The fourth-order valence-corrected chi connectivity index (χ4v) is 2.72. The standard InChI is InChI=1S/C21H19NO6/c1-14-13-18(23)22(19(14)24)17-12-8-7-11-16(17)20(25)26-28-27-21(2,3)15-9-5-4-6-10-15/h4-13H,1-3H3. The van der Waals surface area contributed by atoms with Crippen LogP contribution in [0.2, 0.25) is 0 Å². The molecule has 0 bridgehead atoms. The summed E-state index contributed by atoms with van der Waals surface area (Å²) in [7, 11) is 0. The van der Waals surface area contributed by atoms with Crippen LogP contribution in [0.4, 0.5) is 5.69 Å². The molecule has 0 atom stereocenters. The van der Waals surface area contributed by atoms with E-state index < -0.39 is 23.4 Å². The van der Waals surface area contributed by atoms with Gasteiger partial charge in [0.1, 0.15) is 5.60 Å². The summed E-state index contributed by atoms with van der Waals surface area (Å²) in [5, 5.41) is 4.71. The van der Waals surface area contributed by atoms with Crippen molar-refractivity contribution in [2.45, 2.75) is 26.4 Å². The maximum atomic E-state index is 12.4. The largest absolute Gasteiger partial charge is 0.378 e. The number of rotatable bonds is 6. The van der Waals surface area contributed by atoms with Gasteiger partial charge in [0.25, 0.3) is 11.8 Å². The minimum Gasteiger partial charge on any atom is -0.269 e. The Bertz CT molecular complexity index is 948. The van der Waals surface area contributed by atoms with Crippen LogP contribution in [0.5, 0.6) is 0 Å². The monoisotopic (exact) mass is 381 g/mol. The maximum absolute atomic E-state index is 12.4. The molecule has 7 nitrogen and oxygen atoms in total. The Hall–Kier alpha value is -3.29. The van der Waals surface area contributed by atoms with Gasteiger partial charge >= 0.3 is 5.97 Å². The zero-order valence-electron chi connectivity index (χ0n) is 15.7. The summed E-state index contributed by atoms with van der Waals surface area (Å²) in [6, 6.07) is 15.4. The third-order valence-corrected chi connectivity index (χ3v) is 4.29. The highest BCUT2D eigenvalue weighted by Crippen LogP contribution is 2.28. The second-order valence-corrected chi connectivity index (χ2v) is 6.72. The number of hydrogen-bond donors (Lipinski definition) is 0. The molecule has 0 saturated carbocycles. The van der Waals surface area contributed by atoms with Crippen molar-refractivity contribution >= 4 is 23.5 Å². The fraction of sp³-hybridized carbons (Fsp3) is 0.190. The van der Waals surface area contributed by atoms with E-state index in [1.165, 1.54) is 25.1 Å². The molecule has 0 unspecified atom stereocenters. The van der Waals surface area contributed by atoms with Crippen LogP contribution in [-0.2, 0) is 30.0 Å². The van der Waals surface area contributed by atoms with Crippen LogP contribution >= 0.6 is 0 Å². The third kappa shape index (κ3) is 3.85. The second-order valence-electron chi connectivity index (χ2n) is 6.72. The lowest BCUT2D eigenvalue weighted by atomic mass is 9.99. The molecule has 0 spiro atoms. The molecule has 0 fully saturated rings. The zero-order chi connectivity index (χ0) is 20.3. The number of carbonyl (C=O) groups excluding carboxylic acids is 3. The molecule has 0 saturated heterocycles. The Morgan fingerprint density at radius 2 is 1.61 bits per heavy atom. The molecular formula is C21H19NO6. The predicted octanol–water partition coefficient (Wildman–Crippen LogP) is 3.46. The lowest BCUT2D eigenvalue weighted by Gasteiger charge is -2.22. The molecule has 0 aliphatic carbocycles. The molecule has 144 valence electrons. The van der Waals surface area contributed by atoms with Crippen molar-refractivity contribution in [1.29, 1.82) is 0 Å². The summed E-state index contributed by atoms with van der Waals surface area (Å²) in [5.74, 6) is -1.91. The SMILES string of the molecule is CC1=CC(=O)N(c2ccccc2C(=O)OOOC(C)(C)c2ccccc2)C1=O. The van der Waals surface area contributed by atoms with Crippen LogP contribution < -0.4 is 4.90 Å². The highest BCUT2D eigenvalue weighted by Gasteiger charge is 2.33. The molecule has 0 aromatic heterocycles. The van der Waals surface area contributed by atoms with Crippen LogP contribution in [0, 0.1) is 0 Å². The van der Waals surface area contributed by atoms with E-state index in [2.05, 4.69) is 0 Å². The van der Waals surface area contributed by atoms with Gasteiger partial charge in [0.2, 0.25) is 0 Å². The van der Waals surface area contributed by atoms with E-state index in [1.807, 2.05) is 30.3 Å². The average Bonchev–Trinajstić information content (AvgIpc) is 2.94. The van der Waals surface area contributed by atoms with Crippen molar-refractivity contribution in [2.24, 2.45) is 0 Å². The van der Waals surface area contributed by atoms with Gasteiger partial charge in [-0.1, -0.05) is 42.5 Å². The van der Waals surface area contributed by atoms with E-state index in [-0.39, 0.29) is 16.8 Å². The molecular weight excluding hydrogens is 362 g/mol. The number of amides is 2. The number of imide groups is 1. The topological polar surface area (TPSA) is 82.1 Å². The lowest BCUT2D eigenvalue weighted by molar-refractivity contribution is -0.516. The Kier molecular flexibility index (Phi) is 5.39. The first kappa shape index (κ1) is 19.5. The quantitative estimate of drug-likeness (QED) is 0.433. The fourth-order valence-electron chi connectivity index (χ4n) is 2.72. The van der Waals surface area contributed by atoms with Crippen molar-refractivity contribution in [3.63, 3.8) is 0 Å². The van der Waals surface area contributed by atoms with Crippen molar-refractivity contribution in [1.82, 2.24) is 0 Å². The predicted molar refractivity (Wildman–Crippen MR) is 99.7 cm³/mol. The molecule has 1 aliphatic rings. The molecule has 2 aromatic carbocycles. The maximum Gasteiger partial charge on any atom is 0.378 e. The smallest absolute Gasteiger partial charge is 0.269 e. The second kappa shape index (κ2) is 7.75. The van der Waals surface area contributed by atoms with Gasteiger partial charge in [-0.25, -0.2) is 9.69 Å². The van der Waals surface area contributed by atoms with Crippen LogP contribution in [0.3, 0.4) is 0 Å². The van der Waals surface area contributed by atoms with E-state index in [0.717, 1.165) is 10.5 Å². The van der Waals surface area contributed by atoms with E-state index >= 15 is 0 Å². The molecule has 0 radical (unpaired) electrons. The minimum absolute atomic E-state index is 0.00610. The first-order chi connectivity index (χ1) is 13.3. The third-order valence-electron chi connectivity index (χ3n) is 4.29. The van der Waals surface area contributed by atoms with Gasteiger partial charge in [0.05, 0.1) is 11.3 Å². The molecule has 28 heavy (non-hydrogen) atoms. The summed E-state index contributed by atoms with van der Waals surface area (Å²) >= 11 is 0. The van der Waals surface area contributed by atoms with Gasteiger partial charge in [-0.3, -0.25) is 14.5 Å². The van der Waals surface area contributed by atoms with Gasteiger partial charge in [-0.2, -0.15) is 4.89 Å². The number of carbonyl (C=O) groups is 3. The Balaban J connectivity index is 1.71. The number of anilines is 1. The normalized spacial score (nSPS) is 14.2. The van der Waals surface area contributed by atoms with Crippen LogP contribution in [0.25, 0.3) is 0 Å². The van der Waals surface area contributed by atoms with Gasteiger partial charge in [0, 0.05) is 11.6 Å². The van der Waals surface area contributed by atoms with Crippen molar-refractivity contribution < 1.29 is 29.2 Å². The lowest BCUT2D eigenvalue weighted by Crippen LogP contribution is -2.32. The van der Waals surface area contributed by atoms with E-state index in [0.29, 0.717) is 0 Å². The van der Waals surface area contributed by atoms with Crippen molar-refractivity contribution in [3.8, 4) is 0 Å². The first-order valence-corrected chi connectivity index (χ1v) is 8.59. The molecule has 0 N–H and O–H groups in total.